The first-order valence-corrected chi connectivity index (χ1v) is 8.06. The largest absolute Gasteiger partial charge is 0.508 e. The molecule has 2 aromatic carbocycles. The molecule has 1 N–H and O–H groups in total. The topological polar surface area (TPSA) is 57.6 Å². The van der Waals surface area contributed by atoms with Gasteiger partial charge >= 0.3 is 0 Å². The van der Waals surface area contributed by atoms with E-state index in [0.29, 0.717) is 10.6 Å². The maximum Gasteiger partial charge on any atom is 0.298 e. The van der Waals surface area contributed by atoms with Crippen LogP contribution in [0.1, 0.15) is 18.1 Å². The van der Waals surface area contributed by atoms with Crippen LogP contribution in [0.2, 0.25) is 0 Å². The fourth-order valence-corrected chi connectivity index (χ4v) is 3.16. The molecule has 5 heteroatoms. The van der Waals surface area contributed by atoms with E-state index in [9.17, 15) is 14.7 Å². The SMILES string of the molecule is CCc1ccc(C=C2SC(=O)N(c3cccc(O)c3)C2=O)cc1. The molecular formula is C18H15NO3S. The molecule has 2 aromatic rings. The first kappa shape index (κ1) is 15.4. The minimum atomic E-state index is -0.370. The average Bonchev–Trinajstić information content (AvgIpc) is 2.82. The zero-order valence-corrected chi connectivity index (χ0v) is 13.3. The van der Waals surface area contributed by atoms with Crippen LogP contribution in [0.25, 0.3) is 6.08 Å². The van der Waals surface area contributed by atoms with Crippen LogP contribution in [0, 0.1) is 0 Å². The van der Waals surface area contributed by atoms with Crippen LogP contribution in [-0.2, 0) is 11.2 Å². The van der Waals surface area contributed by atoms with Gasteiger partial charge in [0.25, 0.3) is 11.1 Å². The number of anilines is 1. The van der Waals surface area contributed by atoms with Crippen LogP contribution in [-0.4, -0.2) is 16.3 Å². The Bertz CT molecular complexity index is 796. The number of aromatic hydroxyl groups is 1. The van der Waals surface area contributed by atoms with Crippen molar-refractivity contribution < 1.29 is 14.7 Å². The van der Waals surface area contributed by atoms with E-state index >= 15 is 0 Å². The molecule has 116 valence electrons. The van der Waals surface area contributed by atoms with Gasteiger partial charge < -0.3 is 5.11 Å². The lowest BCUT2D eigenvalue weighted by atomic mass is 10.1. The molecule has 0 saturated carbocycles. The summed E-state index contributed by atoms with van der Waals surface area (Å²) in [5.41, 5.74) is 2.47. The summed E-state index contributed by atoms with van der Waals surface area (Å²) in [6.07, 6.45) is 2.67. The van der Waals surface area contributed by atoms with Gasteiger partial charge in [0.2, 0.25) is 0 Å². The molecule has 2 amide bonds. The van der Waals surface area contributed by atoms with Crippen LogP contribution >= 0.6 is 11.8 Å². The van der Waals surface area contributed by atoms with Crippen LogP contribution < -0.4 is 4.90 Å². The fourth-order valence-electron chi connectivity index (χ4n) is 2.32. The van der Waals surface area contributed by atoms with Gasteiger partial charge in [-0.3, -0.25) is 9.59 Å². The molecule has 1 saturated heterocycles. The van der Waals surface area contributed by atoms with E-state index in [1.807, 2.05) is 24.3 Å². The summed E-state index contributed by atoms with van der Waals surface area (Å²) in [6.45, 7) is 2.08. The third-order valence-corrected chi connectivity index (χ3v) is 4.44. The Balaban J connectivity index is 1.89. The molecule has 0 bridgehead atoms. The normalized spacial score (nSPS) is 16.4. The molecule has 4 nitrogen and oxygen atoms in total. The van der Waals surface area contributed by atoms with Gasteiger partial charge in [-0.05, 0) is 47.5 Å². The predicted molar refractivity (Wildman–Crippen MR) is 92.4 cm³/mol. The maximum atomic E-state index is 12.5. The zero-order chi connectivity index (χ0) is 16.4. The highest BCUT2D eigenvalue weighted by Crippen LogP contribution is 2.36. The van der Waals surface area contributed by atoms with E-state index in [-0.39, 0.29) is 16.9 Å². The number of rotatable bonds is 3. The number of nitrogens with zero attached hydrogens (tertiary/aromatic N) is 1. The highest BCUT2D eigenvalue weighted by molar-refractivity contribution is 8.19. The molecule has 0 unspecified atom stereocenters. The van der Waals surface area contributed by atoms with Crippen molar-refractivity contribution in [3.63, 3.8) is 0 Å². The van der Waals surface area contributed by atoms with Gasteiger partial charge in [0.1, 0.15) is 5.75 Å². The lowest BCUT2D eigenvalue weighted by molar-refractivity contribution is -0.113. The summed E-state index contributed by atoms with van der Waals surface area (Å²) >= 11 is 0.904. The number of benzene rings is 2. The van der Waals surface area contributed by atoms with Crippen LogP contribution in [0.4, 0.5) is 10.5 Å². The monoisotopic (exact) mass is 325 g/mol. The molecule has 0 aromatic heterocycles. The standard InChI is InChI=1S/C18H15NO3S/c1-2-12-6-8-13(9-7-12)10-16-17(21)19(18(22)23-16)14-4-3-5-15(20)11-14/h3-11,20H,2H2,1H3. The van der Waals surface area contributed by atoms with E-state index in [1.54, 1.807) is 18.2 Å². The van der Waals surface area contributed by atoms with E-state index in [1.165, 1.54) is 17.7 Å². The number of imide groups is 1. The maximum absolute atomic E-state index is 12.5. The Morgan fingerprint density at radius 3 is 2.52 bits per heavy atom. The van der Waals surface area contributed by atoms with E-state index in [0.717, 1.165) is 28.6 Å². The van der Waals surface area contributed by atoms with Crippen molar-refractivity contribution in [2.45, 2.75) is 13.3 Å². The number of thioether (sulfide) groups is 1. The molecule has 0 atom stereocenters. The highest BCUT2D eigenvalue weighted by atomic mass is 32.2. The summed E-state index contributed by atoms with van der Waals surface area (Å²) < 4.78 is 0. The Morgan fingerprint density at radius 1 is 1.13 bits per heavy atom. The van der Waals surface area contributed by atoms with Gasteiger partial charge in [-0.15, -0.1) is 0 Å². The van der Waals surface area contributed by atoms with E-state index in [4.69, 9.17) is 0 Å². The number of phenols is 1. The van der Waals surface area contributed by atoms with Crippen molar-refractivity contribution in [2.75, 3.05) is 4.90 Å². The second-order valence-electron chi connectivity index (χ2n) is 5.13. The number of phenolic OH excluding ortho intramolecular Hbond substituents is 1. The highest BCUT2D eigenvalue weighted by Gasteiger charge is 2.36. The predicted octanol–water partition coefficient (Wildman–Crippen LogP) is 4.20. The van der Waals surface area contributed by atoms with Crippen molar-refractivity contribution >= 4 is 34.7 Å². The fraction of sp³-hybridized carbons (Fsp3) is 0.111. The molecule has 1 aliphatic rings. The van der Waals surface area contributed by atoms with Gasteiger partial charge in [-0.2, -0.15) is 0 Å². The van der Waals surface area contributed by atoms with Crippen LogP contribution in [0.15, 0.2) is 53.4 Å². The Kier molecular flexibility index (Phi) is 4.21. The zero-order valence-electron chi connectivity index (χ0n) is 12.5. The molecule has 1 aliphatic heterocycles. The summed E-state index contributed by atoms with van der Waals surface area (Å²) in [4.78, 5) is 26.1. The minimum Gasteiger partial charge on any atom is -0.508 e. The smallest absolute Gasteiger partial charge is 0.298 e. The molecule has 1 fully saturated rings. The van der Waals surface area contributed by atoms with Crippen molar-refractivity contribution in [2.24, 2.45) is 0 Å². The number of carbonyl (C=O) groups excluding carboxylic acids is 2. The average molecular weight is 325 g/mol. The van der Waals surface area contributed by atoms with Crippen molar-refractivity contribution in [3.8, 4) is 5.75 Å². The van der Waals surface area contributed by atoms with E-state index < -0.39 is 0 Å². The minimum absolute atomic E-state index is 0.0145. The lowest BCUT2D eigenvalue weighted by Gasteiger charge is -2.12. The quantitative estimate of drug-likeness (QED) is 0.860. The first-order chi connectivity index (χ1) is 11.1. The number of amides is 2. The van der Waals surface area contributed by atoms with Crippen molar-refractivity contribution in [1.82, 2.24) is 0 Å². The number of carbonyl (C=O) groups is 2. The first-order valence-electron chi connectivity index (χ1n) is 7.24. The summed E-state index contributed by atoms with van der Waals surface area (Å²) in [5, 5.41) is 9.16. The van der Waals surface area contributed by atoms with Gasteiger partial charge in [0.15, 0.2) is 0 Å². The second kappa shape index (κ2) is 6.30. The number of hydrogen-bond acceptors (Lipinski definition) is 4. The summed E-state index contributed by atoms with van der Waals surface area (Å²) in [7, 11) is 0. The number of aryl methyl sites for hydroxylation is 1. The third-order valence-electron chi connectivity index (χ3n) is 3.57. The summed E-state index contributed by atoms with van der Waals surface area (Å²) in [5.74, 6) is -0.356. The van der Waals surface area contributed by atoms with Crippen LogP contribution in [0.5, 0.6) is 5.75 Å². The Hall–Kier alpha value is -2.53. The molecule has 0 radical (unpaired) electrons. The van der Waals surface area contributed by atoms with Gasteiger partial charge in [-0.25, -0.2) is 4.90 Å². The molecule has 0 aliphatic carbocycles. The Morgan fingerprint density at radius 2 is 1.87 bits per heavy atom. The van der Waals surface area contributed by atoms with Gasteiger partial charge in [-0.1, -0.05) is 37.3 Å². The lowest BCUT2D eigenvalue weighted by Crippen LogP contribution is -2.27. The van der Waals surface area contributed by atoms with E-state index in [2.05, 4.69) is 6.92 Å². The summed E-state index contributed by atoms with van der Waals surface area (Å²) in [6, 6.07) is 14.0. The Labute approximate surface area is 138 Å². The molecule has 23 heavy (non-hydrogen) atoms. The third kappa shape index (κ3) is 3.14. The van der Waals surface area contributed by atoms with Crippen LogP contribution in [0.3, 0.4) is 0 Å². The van der Waals surface area contributed by atoms with Gasteiger partial charge in [0.05, 0.1) is 10.6 Å². The molecule has 3 rings (SSSR count). The van der Waals surface area contributed by atoms with Gasteiger partial charge in [0, 0.05) is 6.07 Å². The molecular weight excluding hydrogens is 310 g/mol. The van der Waals surface area contributed by atoms with Crippen molar-refractivity contribution in [3.05, 3.63) is 64.6 Å². The molecule has 1 heterocycles. The van der Waals surface area contributed by atoms with Crippen molar-refractivity contribution in [1.29, 1.82) is 0 Å². The molecule has 0 spiro atoms. The second-order valence-corrected chi connectivity index (χ2v) is 6.13. The number of hydrogen-bond donors (Lipinski definition) is 1.